The quantitative estimate of drug-likeness (QED) is 0.292. The molecular formula is C9H21N2O+. The molecule has 0 heterocycles. The highest BCUT2D eigenvalue weighted by atomic mass is 16.4. The summed E-state index contributed by atoms with van der Waals surface area (Å²) in [6, 6.07) is 0. The summed E-state index contributed by atoms with van der Waals surface area (Å²) in [5, 5.41) is 11.8. The standard InChI is InChI=1S/C9H20N2O/c1-5-11(6-2,7-3)8-9(4)10-12/h5-8H2,1-4H3/p+1/b10-9+. The first-order valence-electron chi connectivity index (χ1n) is 4.66. The van der Waals surface area contributed by atoms with Gasteiger partial charge in [0.05, 0.1) is 19.6 Å². The molecule has 12 heavy (non-hydrogen) atoms. The van der Waals surface area contributed by atoms with E-state index in [0.717, 1.165) is 36.4 Å². The molecule has 0 spiro atoms. The fourth-order valence-electron chi connectivity index (χ4n) is 1.52. The van der Waals surface area contributed by atoms with Gasteiger partial charge in [0.15, 0.2) is 0 Å². The smallest absolute Gasteiger partial charge is 0.121 e. The summed E-state index contributed by atoms with van der Waals surface area (Å²) in [6.45, 7) is 12.6. The Labute approximate surface area is 75.3 Å². The molecule has 72 valence electrons. The lowest BCUT2D eigenvalue weighted by Crippen LogP contribution is -2.50. The molecule has 0 amide bonds. The van der Waals surface area contributed by atoms with Gasteiger partial charge in [-0.3, -0.25) is 0 Å². The maximum absolute atomic E-state index is 8.56. The number of quaternary nitrogens is 1. The summed E-state index contributed by atoms with van der Waals surface area (Å²) >= 11 is 0. The Bertz CT molecular complexity index is 142. The highest BCUT2D eigenvalue weighted by Gasteiger charge is 2.21. The lowest BCUT2D eigenvalue weighted by Gasteiger charge is -2.35. The second kappa shape index (κ2) is 5.14. The van der Waals surface area contributed by atoms with Gasteiger partial charge in [-0.05, 0) is 27.7 Å². The van der Waals surface area contributed by atoms with E-state index in [1.165, 1.54) is 0 Å². The van der Waals surface area contributed by atoms with Gasteiger partial charge >= 0.3 is 0 Å². The predicted octanol–water partition coefficient (Wildman–Crippen LogP) is 1.71. The molecule has 0 atom stereocenters. The summed E-state index contributed by atoms with van der Waals surface area (Å²) in [6.07, 6.45) is 0. The van der Waals surface area contributed by atoms with Gasteiger partial charge in [0.25, 0.3) is 0 Å². The van der Waals surface area contributed by atoms with Crippen molar-refractivity contribution in [1.82, 2.24) is 0 Å². The van der Waals surface area contributed by atoms with Crippen molar-refractivity contribution in [2.45, 2.75) is 27.7 Å². The summed E-state index contributed by atoms with van der Waals surface area (Å²) in [5.74, 6) is 0. The molecule has 0 aliphatic rings. The van der Waals surface area contributed by atoms with Crippen LogP contribution in [0.25, 0.3) is 0 Å². The molecule has 0 saturated carbocycles. The van der Waals surface area contributed by atoms with E-state index in [-0.39, 0.29) is 0 Å². The first kappa shape index (κ1) is 11.4. The summed E-state index contributed by atoms with van der Waals surface area (Å²) in [4.78, 5) is 0. The molecule has 0 bridgehead atoms. The molecule has 0 unspecified atom stereocenters. The van der Waals surface area contributed by atoms with E-state index in [1.54, 1.807) is 0 Å². The fourth-order valence-corrected chi connectivity index (χ4v) is 1.52. The fraction of sp³-hybridized carbons (Fsp3) is 0.889. The van der Waals surface area contributed by atoms with Crippen molar-refractivity contribution in [2.24, 2.45) is 5.16 Å². The van der Waals surface area contributed by atoms with Crippen LogP contribution in [-0.4, -0.2) is 41.6 Å². The van der Waals surface area contributed by atoms with E-state index in [0.29, 0.717) is 0 Å². The first-order chi connectivity index (χ1) is 5.64. The van der Waals surface area contributed by atoms with Crippen LogP contribution in [0, 0.1) is 0 Å². The molecule has 0 rings (SSSR count). The zero-order valence-electron chi connectivity index (χ0n) is 8.67. The van der Waals surface area contributed by atoms with Crippen LogP contribution in [0.3, 0.4) is 0 Å². The molecule has 3 heteroatoms. The van der Waals surface area contributed by atoms with Gasteiger partial charge in [-0.1, -0.05) is 5.16 Å². The monoisotopic (exact) mass is 173 g/mol. The topological polar surface area (TPSA) is 32.6 Å². The zero-order chi connectivity index (χ0) is 9.61. The number of oxime groups is 1. The average Bonchev–Trinajstić information content (AvgIpc) is 2.14. The maximum Gasteiger partial charge on any atom is 0.121 e. The third-order valence-electron chi connectivity index (χ3n) is 2.75. The summed E-state index contributed by atoms with van der Waals surface area (Å²) in [5.41, 5.74) is 0.820. The van der Waals surface area contributed by atoms with Crippen molar-refractivity contribution in [2.75, 3.05) is 26.2 Å². The molecule has 1 N–H and O–H groups in total. The summed E-state index contributed by atoms with van der Waals surface area (Å²) < 4.78 is 1.01. The van der Waals surface area contributed by atoms with Crippen LogP contribution in [0.2, 0.25) is 0 Å². The third-order valence-corrected chi connectivity index (χ3v) is 2.75. The van der Waals surface area contributed by atoms with Gasteiger partial charge in [-0.2, -0.15) is 0 Å². The number of hydrogen-bond donors (Lipinski definition) is 1. The molecule has 0 aliphatic heterocycles. The van der Waals surface area contributed by atoms with Crippen LogP contribution in [0.1, 0.15) is 27.7 Å². The minimum atomic E-state index is 0.820. The minimum Gasteiger partial charge on any atom is -0.411 e. The van der Waals surface area contributed by atoms with Crippen LogP contribution >= 0.6 is 0 Å². The van der Waals surface area contributed by atoms with Crippen LogP contribution < -0.4 is 0 Å². The number of nitrogens with zero attached hydrogens (tertiary/aromatic N) is 2. The van der Waals surface area contributed by atoms with Crippen molar-refractivity contribution in [3.8, 4) is 0 Å². The van der Waals surface area contributed by atoms with E-state index >= 15 is 0 Å². The van der Waals surface area contributed by atoms with Crippen LogP contribution in [-0.2, 0) is 0 Å². The molecule has 0 aliphatic carbocycles. The van der Waals surface area contributed by atoms with Gasteiger partial charge in [0, 0.05) is 0 Å². The highest BCUT2D eigenvalue weighted by Crippen LogP contribution is 2.05. The van der Waals surface area contributed by atoms with Crippen molar-refractivity contribution in [3.63, 3.8) is 0 Å². The second-order valence-corrected chi connectivity index (χ2v) is 3.28. The molecule has 0 radical (unpaired) electrons. The largest absolute Gasteiger partial charge is 0.411 e. The molecule has 0 aromatic rings. The van der Waals surface area contributed by atoms with E-state index in [1.807, 2.05) is 6.92 Å². The van der Waals surface area contributed by atoms with E-state index in [4.69, 9.17) is 5.21 Å². The van der Waals surface area contributed by atoms with Crippen molar-refractivity contribution in [1.29, 1.82) is 0 Å². The third kappa shape index (κ3) is 2.81. The first-order valence-corrected chi connectivity index (χ1v) is 4.66. The Balaban J connectivity index is 4.30. The number of rotatable bonds is 5. The van der Waals surface area contributed by atoms with E-state index in [9.17, 15) is 0 Å². The number of hydrogen-bond acceptors (Lipinski definition) is 2. The van der Waals surface area contributed by atoms with Gasteiger partial charge < -0.3 is 9.69 Å². The molecule has 0 aromatic heterocycles. The Morgan fingerprint density at radius 3 is 1.83 bits per heavy atom. The lowest BCUT2D eigenvalue weighted by atomic mass is 10.3. The normalized spacial score (nSPS) is 13.5. The van der Waals surface area contributed by atoms with Gasteiger partial charge in [-0.15, -0.1) is 0 Å². The van der Waals surface area contributed by atoms with E-state index in [2.05, 4.69) is 25.9 Å². The predicted molar refractivity (Wildman–Crippen MR) is 51.6 cm³/mol. The average molecular weight is 173 g/mol. The zero-order valence-corrected chi connectivity index (χ0v) is 8.67. The Morgan fingerprint density at radius 1 is 1.17 bits per heavy atom. The minimum absolute atomic E-state index is 0.820. The Morgan fingerprint density at radius 2 is 1.58 bits per heavy atom. The van der Waals surface area contributed by atoms with E-state index < -0.39 is 0 Å². The molecule has 0 saturated heterocycles. The van der Waals surface area contributed by atoms with Gasteiger partial charge in [0.2, 0.25) is 0 Å². The second-order valence-electron chi connectivity index (χ2n) is 3.28. The SMILES string of the molecule is CC[N+](CC)(CC)C/C(C)=N/O. The van der Waals surface area contributed by atoms with Gasteiger partial charge in [-0.25, -0.2) is 0 Å². The lowest BCUT2D eigenvalue weighted by molar-refractivity contribution is -0.914. The van der Waals surface area contributed by atoms with Gasteiger partial charge in [0.1, 0.15) is 12.3 Å². The molecular weight excluding hydrogens is 152 g/mol. The van der Waals surface area contributed by atoms with Crippen LogP contribution in [0.5, 0.6) is 0 Å². The van der Waals surface area contributed by atoms with Crippen LogP contribution in [0.4, 0.5) is 0 Å². The van der Waals surface area contributed by atoms with Crippen LogP contribution in [0.15, 0.2) is 5.16 Å². The highest BCUT2D eigenvalue weighted by molar-refractivity contribution is 5.82. The Hall–Kier alpha value is -0.570. The van der Waals surface area contributed by atoms with Crippen molar-refractivity contribution < 1.29 is 9.69 Å². The maximum atomic E-state index is 8.56. The Kier molecular flexibility index (Phi) is 4.90. The molecule has 0 aromatic carbocycles. The van der Waals surface area contributed by atoms with Crippen molar-refractivity contribution >= 4 is 5.71 Å². The molecule has 3 nitrogen and oxygen atoms in total. The van der Waals surface area contributed by atoms with Crippen molar-refractivity contribution in [3.05, 3.63) is 0 Å². The molecule has 0 fully saturated rings. The summed E-state index contributed by atoms with van der Waals surface area (Å²) in [7, 11) is 0.